The first-order valence-corrected chi connectivity index (χ1v) is 6.25. The van der Waals surface area contributed by atoms with Gasteiger partial charge >= 0.3 is 0 Å². The van der Waals surface area contributed by atoms with Gasteiger partial charge in [-0.05, 0) is 18.6 Å². The number of para-hydroxylation sites is 2. The van der Waals surface area contributed by atoms with Crippen molar-refractivity contribution in [3.63, 3.8) is 0 Å². The smallest absolute Gasteiger partial charge is 0.292 e. The fourth-order valence-electron chi connectivity index (χ4n) is 2.04. The molecule has 0 saturated carbocycles. The number of aliphatic hydroxyl groups excluding tert-OH is 1. The SMILES string of the molecule is CC(CO)(Nc1ccccc1[N+](=O)[O-])c1ccccc1. The fraction of sp³-hybridized carbons (Fsp3) is 0.200. The van der Waals surface area contributed by atoms with E-state index in [0.717, 1.165) is 5.56 Å². The van der Waals surface area contributed by atoms with Crippen molar-refractivity contribution in [2.75, 3.05) is 11.9 Å². The van der Waals surface area contributed by atoms with Gasteiger partial charge in [0.05, 0.1) is 17.1 Å². The molecule has 0 bridgehead atoms. The summed E-state index contributed by atoms with van der Waals surface area (Å²) in [6.07, 6.45) is 0. The van der Waals surface area contributed by atoms with Crippen LogP contribution in [0.1, 0.15) is 12.5 Å². The molecule has 5 heteroatoms. The lowest BCUT2D eigenvalue weighted by molar-refractivity contribution is -0.384. The third kappa shape index (κ3) is 2.78. The standard InChI is InChI=1S/C15H16N2O3/c1-15(11-18,12-7-3-2-4-8-12)16-13-9-5-6-10-14(13)17(19)20/h2-10,16,18H,11H2,1H3. The molecule has 2 aromatic carbocycles. The molecule has 0 radical (unpaired) electrons. The highest BCUT2D eigenvalue weighted by molar-refractivity contribution is 5.63. The van der Waals surface area contributed by atoms with E-state index in [0.29, 0.717) is 5.69 Å². The molecule has 0 aliphatic heterocycles. The number of rotatable bonds is 5. The summed E-state index contributed by atoms with van der Waals surface area (Å²) in [5.74, 6) is 0. The Labute approximate surface area is 117 Å². The van der Waals surface area contributed by atoms with Crippen molar-refractivity contribution in [2.24, 2.45) is 0 Å². The maximum Gasteiger partial charge on any atom is 0.292 e. The summed E-state index contributed by atoms with van der Waals surface area (Å²) in [5.41, 5.74) is 0.453. The summed E-state index contributed by atoms with van der Waals surface area (Å²) >= 11 is 0. The number of anilines is 1. The molecule has 2 rings (SSSR count). The van der Waals surface area contributed by atoms with Gasteiger partial charge in [0.25, 0.3) is 5.69 Å². The van der Waals surface area contributed by atoms with Crippen LogP contribution in [0.25, 0.3) is 0 Å². The van der Waals surface area contributed by atoms with E-state index in [2.05, 4.69) is 5.32 Å². The van der Waals surface area contributed by atoms with Crippen LogP contribution in [-0.4, -0.2) is 16.6 Å². The lowest BCUT2D eigenvalue weighted by atomic mass is 9.92. The van der Waals surface area contributed by atoms with Gasteiger partial charge < -0.3 is 10.4 Å². The van der Waals surface area contributed by atoms with Gasteiger partial charge in [0.2, 0.25) is 0 Å². The van der Waals surface area contributed by atoms with Gasteiger partial charge in [0, 0.05) is 6.07 Å². The molecule has 1 atom stereocenters. The number of aliphatic hydroxyl groups is 1. The van der Waals surface area contributed by atoms with E-state index in [1.807, 2.05) is 30.3 Å². The number of nitro groups is 1. The highest BCUT2D eigenvalue weighted by Gasteiger charge is 2.28. The number of nitrogens with one attached hydrogen (secondary N) is 1. The lowest BCUT2D eigenvalue weighted by Crippen LogP contribution is -2.36. The molecule has 5 nitrogen and oxygen atoms in total. The summed E-state index contributed by atoms with van der Waals surface area (Å²) < 4.78 is 0. The zero-order valence-electron chi connectivity index (χ0n) is 11.1. The highest BCUT2D eigenvalue weighted by atomic mass is 16.6. The van der Waals surface area contributed by atoms with Crippen LogP contribution >= 0.6 is 0 Å². The van der Waals surface area contributed by atoms with Crippen molar-refractivity contribution in [2.45, 2.75) is 12.5 Å². The average molecular weight is 272 g/mol. The van der Waals surface area contributed by atoms with Crippen LogP contribution in [0.15, 0.2) is 54.6 Å². The lowest BCUT2D eigenvalue weighted by Gasteiger charge is -2.30. The van der Waals surface area contributed by atoms with Crippen molar-refractivity contribution in [3.05, 3.63) is 70.3 Å². The Kier molecular flexibility index (Phi) is 4.00. The maximum atomic E-state index is 11.0. The first kappa shape index (κ1) is 14.0. The molecule has 20 heavy (non-hydrogen) atoms. The second kappa shape index (κ2) is 5.71. The molecule has 0 spiro atoms. The van der Waals surface area contributed by atoms with Crippen molar-refractivity contribution in [3.8, 4) is 0 Å². The Hall–Kier alpha value is -2.40. The summed E-state index contributed by atoms with van der Waals surface area (Å²) in [6, 6.07) is 15.8. The van der Waals surface area contributed by atoms with Gasteiger partial charge in [-0.25, -0.2) is 0 Å². The van der Waals surface area contributed by atoms with Crippen LogP contribution in [0.2, 0.25) is 0 Å². The molecule has 0 amide bonds. The molecular weight excluding hydrogens is 256 g/mol. The van der Waals surface area contributed by atoms with E-state index in [1.54, 1.807) is 25.1 Å². The Morgan fingerprint density at radius 3 is 2.35 bits per heavy atom. The molecule has 2 N–H and O–H groups in total. The topological polar surface area (TPSA) is 75.4 Å². The van der Waals surface area contributed by atoms with Crippen LogP contribution in [-0.2, 0) is 5.54 Å². The van der Waals surface area contributed by atoms with E-state index in [4.69, 9.17) is 0 Å². The van der Waals surface area contributed by atoms with Gasteiger partial charge in [-0.2, -0.15) is 0 Å². The molecule has 0 aliphatic carbocycles. The molecule has 0 saturated heterocycles. The molecule has 0 fully saturated rings. The quantitative estimate of drug-likeness (QED) is 0.648. The second-order valence-electron chi connectivity index (χ2n) is 4.76. The zero-order chi connectivity index (χ0) is 14.6. The first-order valence-electron chi connectivity index (χ1n) is 6.25. The van der Waals surface area contributed by atoms with Gasteiger partial charge in [-0.3, -0.25) is 10.1 Å². The zero-order valence-corrected chi connectivity index (χ0v) is 11.1. The maximum absolute atomic E-state index is 11.0. The van der Waals surface area contributed by atoms with Gasteiger partial charge in [0.15, 0.2) is 0 Å². The van der Waals surface area contributed by atoms with E-state index in [9.17, 15) is 15.2 Å². The predicted octanol–water partition coefficient (Wildman–Crippen LogP) is 2.91. The number of nitrogens with zero attached hydrogens (tertiary/aromatic N) is 1. The summed E-state index contributed by atoms with van der Waals surface area (Å²) in [7, 11) is 0. The molecule has 0 aromatic heterocycles. The van der Waals surface area contributed by atoms with E-state index in [1.165, 1.54) is 6.07 Å². The third-order valence-electron chi connectivity index (χ3n) is 3.24. The fourth-order valence-corrected chi connectivity index (χ4v) is 2.04. The number of hydrogen-bond donors (Lipinski definition) is 2. The minimum Gasteiger partial charge on any atom is -0.394 e. The number of hydrogen-bond acceptors (Lipinski definition) is 4. The molecule has 0 aliphatic rings. The first-order chi connectivity index (χ1) is 9.57. The Bertz CT molecular complexity index is 601. The molecular formula is C15H16N2O3. The van der Waals surface area contributed by atoms with Gasteiger partial charge in [-0.1, -0.05) is 42.5 Å². The Balaban J connectivity index is 2.39. The van der Waals surface area contributed by atoms with Gasteiger partial charge in [0.1, 0.15) is 5.69 Å². The minimum absolute atomic E-state index is 0.0110. The second-order valence-corrected chi connectivity index (χ2v) is 4.76. The number of benzene rings is 2. The molecule has 0 heterocycles. The van der Waals surface area contributed by atoms with Gasteiger partial charge in [-0.15, -0.1) is 0 Å². The van der Waals surface area contributed by atoms with Crippen molar-refractivity contribution >= 4 is 11.4 Å². The Morgan fingerprint density at radius 1 is 1.15 bits per heavy atom. The van der Waals surface area contributed by atoms with E-state index < -0.39 is 10.5 Å². The van der Waals surface area contributed by atoms with Crippen LogP contribution in [0.4, 0.5) is 11.4 Å². The van der Waals surface area contributed by atoms with Crippen molar-refractivity contribution < 1.29 is 10.0 Å². The monoisotopic (exact) mass is 272 g/mol. The largest absolute Gasteiger partial charge is 0.394 e. The normalized spacial score (nSPS) is 13.5. The highest BCUT2D eigenvalue weighted by Crippen LogP contribution is 2.31. The number of nitro benzene ring substituents is 1. The Morgan fingerprint density at radius 2 is 1.75 bits per heavy atom. The van der Waals surface area contributed by atoms with E-state index in [-0.39, 0.29) is 12.3 Å². The summed E-state index contributed by atoms with van der Waals surface area (Å²) in [4.78, 5) is 10.6. The van der Waals surface area contributed by atoms with Crippen LogP contribution in [0, 0.1) is 10.1 Å². The minimum atomic E-state index is -0.784. The van der Waals surface area contributed by atoms with Crippen LogP contribution in [0.3, 0.4) is 0 Å². The predicted molar refractivity (Wildman–Crippen MR) is 77.6 cm³/mol. The van der Waals surface area contributed by atoms with E-state index >= 15 is 0 Å². The molecule has 104 valence electrons. The van der Waals surface area contributed by atoms with Crippen LogP contribution < -0.4 is 5.32 Å². The van der Waals surface area contributed by atoms with Crippen LogP contribution in [0.5, 0.6) is 0 Å². The average Bonchev–Trinajstić information content (AvgIpc) is 2.48. The summed E-state index contributed by atoms with van der Waals surface area (Å²) in [6.45, 7) is 1.63. The van der Waals surface area contributed by atoms with Crippen molar-refractivity contribution in [1.29, 1.82) is 0 Å². The third-order valence-corrected chi connectivity index (χ3v) is 3.24. The summed E-state index contributed by atoms with van der Waals surface area (Å²) in [5, 5.41) is 23.8. The molecule has 2 aromatic rings. The van der Waals surface area contributed by atoms with Crippen molar-refractivity contribution in [1.82, 2.24) is 0 Å². The molecule has 1 unspecified atom stereocenters.